The largest absolute Gasteiger partial charge is 0.296 e. The highest BCUT2D eigenvalue weighted by molar-refractivity contribution is 6.30. The monoisotopic (exact) mass is 255 g/mol. The van der Waals surface area contributed by atoms with E-state index in [0.29, 0.717) is 6.42 Å². The van der Waals surface area contributed by atoms with Crippen LogP contribution < -0.4 is 0 Å². The van der Waals surface area contributed by atoms with Crippen molar-refractivity contribution in [3.63, 3.8) is 0 Å². The van der Waals surface area contributed by atoms with Crippen molar-refractivity contribution >= 4 is 17.4 Å². The number of Topliss-reactive ketones (excluding diaryl/α,β-unsaturated/α-hetero) is 1. The zero-order valence-corrected chi connectivity index (χ0v) is 9.84. The van der Waals surface area contributed by atoms with Crippen LogP contribution in [0.2, 0.25) is 5.02 Å². The normalized spacial score (nSPS) is 24.7. The summed E-state index contributed by atoms with van der Waals surface area (Å²) in [5.41, 5.74) is -1.51. The molecule has 17 heavy (non-hydrogen) atoms. The topological polar surface area (TPSA) is 46.5 Å². The molecule has 90 valence electrons. The molecule has 2 rings (SSSR count). The van der Waals surface area contributed by atoms with Gasteiger partial charge in [0.25, 0.3) is 0 Å². The van der Waals surface area contributed by atoms with Crippen molar-refractivity contribution in [2.24, 2.45) is 5.18 Å². The van der Waals surface area contributed by atoms with E-state index in [1.807, 2.05) is 0 Å². The van der Waals surface area contributed by atoms with Gasteiger partial charge in [-0.1, -0.05) is 22.8 Å². The average molecular weight is 256 g/mol. The number of ketones is 1. The average Bonchev–Trinajstić information content (AvgIpc) is 2.31. The second kappa shape index (κ2) is 4.53. The van der Waals surface area contributed by atoms with Crippen LogP contribution in [-0.4, -0.2) is 5.78 Å². The third-order valence-corrected chi connectivity index (χ3v) is 3.42. The SMILES string of the molecule is O=NC1(c2ccc(Cl)cc2F)CCCCC1=O. The Labute approximate surface area is 103 Å². The van der Waals surface area contributed by atoms with E-state index in [-0.39, 0.29) is 29.2 Å². The van der Waals surface area contributed by atoms with E-state index < -0.39 is 11.4 Å². The summed E-state index contributed by atoms with van der Waals surface area (Å²) in [6, 6.07) is 3.95. The third kappa shape index (κ3) is 1.97. The standard InChI is InChI=1S/C12H11ClFNO2/c13-8-4-5-9(10(14)7-8)12(15-17)6-2-1-3-11(12)16/h4-5,7H,1-3,6H2. The number of hydrogen-bond acceptors (Lipinski definition) is 3. The highest BCUT2D eigenvalue weighted by Gasteiger charge is 2.45. The Morgan fingerprint density at radius 2 is 2.12 bits per heavy atom. The Bertz CT molecular complexity index is 478. The number of halogens is 2. The van der Waals surface area contributed by atoms with Crippen molar-refractivity contribution in [1.29, 1.82) is 0 Å². The number of benzene rings is 1. The fraction of sp³-hybridized carbons (Fsp3) is 0.417. The summed E-state index contributed by atoms with van der Waals surface area (Å²) in [7, 11) is 0. The van der Waals surface area contributed by atoms with Crippen molar-refractivity contribution in [3.05, 3.63) is 39.5 Å². The summed E-state index contributed by atoms with van der Waals surface area (Å²) < 4.78 is 13.8. The van der Waals surface area contributed by atoms with Gasteiger partial charge in [-0.25, -0.2) is 4.39 Å². The molecule has 0 aromatic heterocycles. The van der Waals surface area contributed by atoms with Crippen LogP contribution >= 0.6 is 11.6 Å². The summed E-state index contributed by atoms with van der Waals surface area (Å²) >= 11 is 5.65. The maximum Gasteiger partial charge on any atom is 0.188 e. The Kier molecular flexibility index (Phi) is 3.24. The second-order valence-electron chi connectivity index (χ2n) is 4.21. The molecule has 0 amide bonds. The Hall–Kier alpha value is -1.29. The molecule has 0 N–H and O–H groups in total. The van der Waals surface area contributed by atoms with Gasteiger partial charge in [-0.05, 0) is 31.4 Å². The molecule has 1 unspecified atom stereocenters. The number of nitroso groups, excluding NO2 is 1. The van der Waals surface area contributed by atoms with Gasteiger partial charge in [0.1, 0.15) is 5.82 Å². The molecular formula is C12H11ClFNO2. The fourth-order valence-corrected chi connectivity index (χ4v) is 2.43. The predicted molar refractivity (Wildman–Crippen MR) is 62.4 cm³/mol. The van der Waals surface area contributed by atoms with Crippen LogP contribution in [0.3, 0.4) is 0 Å². The molecule has 0 spiro atoms. The molecule has 0 radical (unpaired) electrons. The van der Waals surface area contributed by atoms with Gasteiger partial charge in [0.2, 0.25) is 0 Å². The van der Waals surface area contributed by atoms with E-state index in [9.17, 15) is 14.1 Å². The molecule has 0 heterocycles. The molecule has 1 aromatic rings. The first-order valence-corrected chi connectivity index (χ1v) is 5.81. The van der Waals surface area contributed by atoms with Crippen LogP contribution in [0, 0.1) is 10.7 Å². The Morgan fingerprint density at radius 3 is 2.71 bits per heavy atom. The lowest BCUT2D eigenvalue weighted by molar-refractivity contribution is -0.126. The zero-order chi connectivity index (χ0) is 12.5. The van der Waals surface area contributed by atoms with Crippen LogP contribution in [0.1, 0.15) is 31.2 Å². The highest BCUT2D eigenvalue weighted by atomic mass is 35.5. The van der Waals surface area contributed by atoms with Gasteiger partial charge in [-0.2, -0.15) is 0 Å². The van der Waals surface area contributed by atoms with Crippen molar-refractivity contribution in [3.8, 4) is 0 Å². The van der Waals surface area contributed by atoms with E-state index in [1.165, 1.54) is 12.1 Å². The van der Waals surface area contributed by atoms with Gasteiger partial charge in [-0.3, -0.25) is 4.79 Å². The van der Waals surface area contributed by atoms with Crippen molar-refractivity contribution < 1.29 is 9.18 Å². The quantitative estimate of drug-likeness (QED) is 0.758. The summed E-state index contributed by atoms with van der Waals surface area (Å²) in [5.74, 6) is -0.952. The van der Waals surface area contributed by atoms with Crippen molar-refractivity contribution in [1.82, 2.24) is 0 Å². The Morgan fingerprint density at radius 1 is 1.35 bits per heavy atom. The molecule has 1 atom stereocenters. The van der Waals surface area contributed by atoms with E-state index in [0.717, 1.165) is 12.5 Å². The number of carbonyl (C=O) groups excluding carboxylic acids is 1. The minimum atomic E-state index is -1.55. The fourth-order valence-electron chi connectivity index (χ4n) is 2.27. The van der Waals surface area contributed by atoms with Crippen molar-refractivity contribution in [2.75, 3.05) is 0 Å². The molecule has 1 aromatic carbocycles. The van der Waals surface area contributed by atoms with Crippen molar-refractivity contribution in [2.45, 2.75) is 31.2 Å². The first-order chi connectivity index (χ1) is 8.10. The molecule has 1 aliphatic rings. The van der Waals surface area contributed by atoms with Crippen LogP contribution in [0.15, 0.2) is 23.4 Å². The van der Waals surface area contributed by atoms with Crippen LogP contribution in [0.5, 0.6) is 0 Å². The highest BCUT2D eigenvalue weighted by Crippen LogP contribution is 2.39. The minimum Gasteiger partial charge on any atom is -0.296 e. The first-order valence-electron chi connectivity index (χ1n) is 5.43. The maximum atomic E-state index is 13.8. The van der Waals surface area contributed by atoms with E-state index >= 15 is 0 Å². The van der Waals surface area contributed by atoms with E-state index in [4.69, 9.17) is 11.6 Å². The molecule has 0 aliphatic heterocycles. The molecular weight excluding hydrogens is 245 g/mol. The smallest absolute Gasteiger partial charge is 0.188 e. The van der Waals surface area contributed by atoms with Gasteiger partial charge >= 0.3 is 0 Å². The van der Waals surface area contributed by atoms with E-state index in [2.05, 4.69) is 5.18 Å². The minimum absolute atomic E-state index is 0.0431. The van der Waals surface area contributed by atoms with Gasteiger partial charge < -0.3 is 0 Å². The molecule has 1 fully saturated rings. The summed E-state index contributed by atoms with van der Waals surface area (Å²) in [5, 5.41) is 3.17. The third-order valence-electron chi connectivity index (χ3n) is 3.19. The summed E-state index contributed by atoms with van der Waals surface area (Å²) in [4.78, 5) is 23.0. The van der Waals surface area contributed by atoms with E-state index in [1.54, 1.807) is 0 Å². The van der Waals surface area contributed by atoms with Gasteiger partial charge in [0.15, 0.2) is 11.3 Å². The molecule has 0 bridgehead atoms. The molecule has 5 heteroatoms. The molecule has 0 saturated heterocycles. The number of hydrogen-bond donors (Lipinski definition) is 0. The molecule has 1 aliphatic carbocycles. The van der Waals surface area contributed by atoms with Gasteiger partial charge in [0.05, 0.1) is 0 Å². The number of rotatable bonds is 2. The molecule has 1 saturated carbocycles. The molecule has 3 nitrogen and oxygen atoms in total. The predicted octanol–water partition coefficient (Wildman–Crippen LogP) is 3.58. The zero-order valence-electron chi connectivity index (χ0n) is 9.08. The summed E-state index contributed by atoms with van der Waals surface area (Å²) in [6.45, 7) is 0. The van der Waals surface area contributed by atoms with Gasteiger partial charge in [-0.15, -0.1) is 4.91 Å². The number of nitrogens with zero attached hydrogens (tertiary/aromatic N) is 1. The summed E-state index contributed by atoms with van der Waals surface area (Å²) in [6.07, 6.45) is 1.96. The lowest BCUT2D eigenvalue weighted by atomic mass is 9.76. The maximum absolute atomic E-state index is 13.8. The Balaban J connectivity index is 2.54. The number of carbonyl (C=O) groups is 1. The second-order valence-corrected chi connectivity index (χ2v) is 4.64. The lowest BCUT2D eigenvalue weighted by Crippen LogP contribution is -2.37. The van der Waals surface area contributed by atoms with Gasteiger partial charge in [0, 0.05) is 17.0 Å². The van der Waals surface area contributed by atoms with Crippen LogP contribution in [0.25, 0.3) is 0 Å². The van der Waals surface area contributed by atoms with Crippen LogP contribution in [-0.2, 0) is 10.3 Å². The lowest BCUT2D eigenvalue weighted by Gasteiger charge is -2.29. The first kappa shape index (κ1) is 12.2. The van der Waals surface area contributed by atoms with Crippen LogP contribution in [0.4, 0.5) is 4.39 Å².